The Morgan fingerprint density at radius 1 is 1.09 bits per heavy atom. The second kappa shape index (κ2) is 8.22. The lowest BCUT2D eigenvalue weighted by Crippen LogP contribution is -2.46. The predicted octanol–water partition coefficient (Wildman–Crippen LogP) is 5.58. The molecule has 3 fully saturated rings. The Bertz CT molecular complexity index is 1020. The zero-order chi connectivity index (χ0) is 23.6. The SMILES string of the molecule is CN1CCC[C@@H]1Cc1cn([Si](C)(C)C(C)(C)C)c2ccc([C@@]3(O)CCN4CCC[C@H]4C3)cc12. The van der Waals surface area contributed by atoms with Gasteiger partial charge in [0.05, 0.1) is 5.60 Å². The van der Waals surface area contributed by atoms with Crippen molar-refractivity contribution in [2.24, 2.45) is 0 Å². The Morgan fingerprint density at radius 2 is 1.85 bits per heavy atom. The number of fused-ring (bicyclic) bond motifs is 2. The first-order valence-electron chi connectivity index (χ1n) is 13.3. The highest BCUT2D eigenvalue weighted by Gasteiger charge is 2.42. The van der Waals surface area contributed by atoms with E-state index in [-0.39, 0.29) is 5.04 Å². The minimum absolute atomic E-state index is 0.270. The third kappa shape index (κ3) is 4.03. The summed E-state index contributed by atoms with van der Waals surface area (Å²) in [6.45, 7) is 15.7. The number of likely N-dealkylation sites (tertiary alicyclic amines) is 1. The molecule has 3 aliphatic rings. The summed E-state index contributed by atoms with van der Waals surface area (Å²) in [5.41, 5.74) is 3.33. The summed E-state index contributed by atoms with van der Waals surface area (Å²) < 4.78 is 2.67. The fourth-order valence-electron chi connectivity index (χ4n) is 6.57. The van der Waals surface area contributed by atoms with E-state index >= 15 is 0 Å². The van der Waals surface area contributed by atoms with Crippen LogP contribution in [-0.4, -0.2) is 66.1 Å². The highest BCUT2D eigenvalue weighted by Crippen LogP contribution is 2.43. The summed E-state index contributed by atoms with van der Waals surface area (Å²) in [5, 5.41) is 13.5. The van der Waals surface area contributed by atoms with Gasteiger partial charge in [0.2, 0.25) is 0 Å². The van der Waals surface area contributed by atoms with Gasteiger partial charge in [-0.25, -0.2) is 0 Å². The van der Waals surface area contributed by atoms with Crippen LogP contribution in [0.4, 0.5) is 0 Å². The molecule has 0 spiro atoms. The van der Waals surface area contributed by atoms with Gasteiger partial charge in [-0.05, 0) is 99.6 Å². The number of benzene rings is 1. The second-order valence-corrected chi connectivity index (χ2v) is 18.0. The van der Waals surface area contributed by atoms with Gasteiger partial charge in [-0.2, -0.15) is 0 Å². The predicted molar refractivity (Wildman–Crippen MR) is 142 cm³/mol. The summed E-state index contributed by atoms with van der Waals surface area (Å²) in [4.78, 5) is 5.14. The third-order valence-electron chi connectivity index (χ3n) is 9.87. The van der Waals surface area contributed by atoms with Gasteiger partial charge in [0, 0.05) is 29.5 Å². The van der Waals surface area contributed by atoms with Crippen molar-refractivity contribution in [3.05, 3.63) is 35.5 Å². The second-order valence-electron chi connectivity index (χ2n) is 12.9. The fraction of sp³-hybridized carbons (Fsp3) is 0.714. The maximum Gasteiger partial charge on any atom is 0.161 e. The summed E-state index contributed by atoms with van der Waals surface area (Å²) in [6.07, 6.45) is 10.5. The molecule has 182 valence electrons. The van der Waals surface area contributed by atoms with Crippen LogP contribution in [0.15, 0.2) is 24.4 Å². The van der Waals surface area contributed by atoms with Crippen LogP contribution < -0.4 is 0 Å². The molecule has 33 heavy (non-hydrogen) atoms. The Labute approximate surface area is 202 Å². The molecule has 0 bridgehead atoms. The maximum atomic E-state index is 11.8. The number of piperidine rings is 1. The van der Waals surface area contributed by atoms with Gasteiger partial charge in [0.15, 0.2) is 8.24 Å². The normalized spacial score (nSPS) is 29.8. The van der Waals surface area contributed by atoms with Crippen LogP contribution in [0.3, 0.4) is 0 Å². The van der Waals surface area contributed by atoms with Crippen molar-refractivity contribution in [1.29, 1.82) is 0 Å². The van der Waals surface area contributed by atoms with Crippen LogP contribution in [0.25, 0.3) is 10.9 Å². The van der Waals surface area contributed by atoms with E-state index in [4.69, 9.17) is 0 Å². The molecule has 0 radical (unpaired) electrons. The van der Waals surface area contributed by atoms with E-state index in [1.54, 1.807) is 0 Å². The molecule has 0 aliphatic carbocycles. The maximum absolute atomic E-state index is 11.8. The molecule has 5 rings (SSSR count). The number of rotatable bonds is 4. The first-order valence-corrected chi connectivity index (χ1v) is 16.3. The van der Waals surface area contributed by atoms with Crippen LogP contribution in [0.2, 0.25) is 18.1 Å². The van der Waals surface area contributed by atoms with E-state index in [9.17, 15) is 5.11 Å². The number of aromatic nitrogens is 1. The summed E-state index contributed by atoms with van der Waals surface area (Å²) in [5.74, 6) is 0. The number of nitrogens with zero attached hydrogens (tertiary/aromatic N) is 3. The minimum Gasteiger partial charge on any atom is -0.385 e. The molecule has 5 heteroatoms. The molecule has 2 aromatic rings. The molecule has 0 amide bonds. The van der Waals surface area contributed by atoms with Crippen molar-refractivity contribution in [3.8, 4) is 0 Å². The standard InChI is InChI=1S/C28H45N3OSi/c1-27(2,3)33(5,6)31-20-21(17-23-9-7-14-29(23)4)25-18-22(11-12-26(25)31)28(32)13-16-30-15-8-10-24(30)19-28/h11-12,18,20,23-24,32H,7-10,13-17,19H2,1-6H3/t23-,24+,28-/m1/s1. The third-order valence-corrected chi connectivity index (χ3v) is 15.1. The quantitative estimate of drug-likeness (QED) is 0.596. The Balaban J connectivity index is 1.58. The minimum atomic E-state index is -1.76. The van der Waals surface area contributed by atoms with E-state index in [1.807, 2.05) is 0 Å². The van der Waals surface area contributed by atoms with Crippen molar-refractivity contribution in [2.75, 3.05) is 26.7 Å². The molecule has 4 nitrogen and oxygen atoms in total. The van der Waals surface area contributed by atoms with E-state index in [2.05, 4.69) is 79.3 Å². The first kappa shape index (κ1) is 23.6. The molecule has 1 N–H and O–H groups in total. The summed E-state index contributed by atoms with van der Waals surface area (Å²) in [7, 11) is 0.529. The van der Waals surface area contributed by atoms with Crippen molar-refractivity contribution < 1.29 is 5.11 Å². The van der Waals surface area contributed by atoms with Gasteiger partial charge >= 0.3 is 0 Å². The van der Waals surface area contributed by atoms with Gasteiger partial charge in [0.1, 0.15) is 0 Å². The van der Waals surface area contributed by atoms with E-state index in [0.717, 1.165) is 31.4 Å². The summed E-state index contributed by atoms with van der Waals surface area (Å²) in [6, 6.07) is 8.17. The molecule has 4 heterocycles. The molecule has 3 atom stereocenters. The lowest BCUT2D eigenvalue weighted by atomic mass is 9.80. The molecule has 1 aromatic heterocycles. The summed E-state index contributed by atoms with van der Waals surface area (Å²) >= 11 is 0. The van der Waals surface area contributed by atoms with E-state index in [0.29, 0.717) is 12.1 Å². The Morgan fingerprint density at radius 3 is 2.55 bits per heavy atom. The van der Waals surface area contributed by atoms with Crippen molar-refractivity contribution in [2.45, 2.75) is 102 Å². The van der Waals surface area contributed by atoms with Crippen LogP contribution in [0.1, 0.15) is 70.4 Å². The van der Waals surface area contributed by atoms with Gasteiger partial charge in [-0.15, -0.1) is 0 Å². The number of hydrogen-bond donors (Lipinski definition) is 1. The van der Waals surface area contributed by atoms with E-state index in [1.165, 1.54) is 55.2 Å². The smallest absolute Gasteiger partial charge is 0.161 e. The van der Waals surface area contributed by atoms with Gasteiger partial charge in [-0.1, -0.05) is 39.9 Å². The number of aliphatic hydroxyl groups is 1. The highest BCUT2D eigenvalue weighted by molar-refractivity contribution is 6.79. The first-order chi connectivity index (χ1) is 15.5. The molecule has 1 aromatic carbocycles. The topological polar surface area (TPSA) is 31.6 Å². The van der Waals surface area contributed by atoms with Gasteiger partial charge in [0.25, 0.3) is 0 Å². The largest absolute Gasteiger partial charge is 0.385 e. The molecule has 0 saturated carbocycles. The average molecular weight is 468 g/mol. The fourth-order valence-corrected chi connectivity index (χ4v) is 8.57. The average Bonchev–Trinajstić information content (AvgIpc) is 3.46. The van der Waals surface area contributed by atoms with Crippen LogP contribution in [-0.2, 0) is 12.0 Å². The number of hydrogen-bond acceptors (Lipinski definition) is 3. The van der Waals surface area contributed by atoms with Gasteiger partial charge in [-0.3, -0.25) is 0 Å². The lowest BCUT2D eigenvalue weighted by molar-refractivity contribution is -0.0408. The zero-order valence-electron chi connectivity index (χ0n) is 21.8. The van der Waals surface area contributed by atoms with E-state index < -0.39 is 13.8 Å². The molecular weight excluding hydrogens is 422 g/mol. The molecular formula is C28H45N3OSi. The molecule has 3 aliphatic heterocycles. The monoisotopic (exact) mass is 467 g/mol. The Kier molecular flexibility index (Phi) is 5.87. The van der Waals surface area contributed by atoms with Gasteiger partial charge < -0.3 is 19.1 Å². The lowest BCUT2D eigenvalue weighted by Gasteiger charge is -2.41. The molecule has 3 saturated heterocycles. The van der Waals surface area contributed by atoms with Crippen molar-refractivity contribution in [1.82, 2.24) is 14.0 Å². The Hall–Kier alpha value is -1.14. The van der Waals surface area contributed by atoms with Crippen LogP contribution >= 0.6 is 0 Å². The number of likely N-dealkylation sites (N-methyl/N-ethyl adjacent to an activating group) is 1. The van der Waals surface area contributed by atoms with Crippen LogP contribution in [0.5, 0.6) is 0 Å². The molecule has 0 unspecified atom stereocenters. The zero-order valence-corrected chi connectivity index (χ0v) is 22.8. The highest BCUT2D eigenvalue weighted by atomic mass is 28.3. The van der Waals surface area contributed by atoms with Crippen molar-refractivity contribution >= 4 is 19.1 Å². The van der Waals surface area contributed by atoms with Crippen molar-refractivity contribution in [3.63, 3.8) is 0 Å². The van der Waals surface area contributed by atoms with Crippen LogP contribution in [0, 0.1) is 0 Å².